The van der Waals surface area contributed by atoms with Crippen LogP contribution in [0.25, 0.3) is 0 Å². The van der Waals surface area contributed by atoms with E-state index in [0.717, 1.165) is 11.3 Å². The van der Waals surface area contributed by atoms with Gasteiger partial charge in [0, 0.05) is 32.7 Å². The van der Waals surface area contributed by atoms with Gasteiger partial charge in [-0.2, -0.15) is 0 Å². The van der Waals surface area contributed by atoms with Gasteiger partial charge in [0.2, 0.25) is 5.91 Å². The maximum absolute atomic E-state index is 11.4. The molecular weight excluding hydrogens is 232 g/mol. The van der Waals surface area contributed by atoms with Gasteiger partial charge >= 0.3 is 5.97 Å². The second-order valence-corrected chi connectivity index (χ2v) is 4.19. The third-order valence-electron chi connectivity index (χ3n) is 2.52. The van der Waals surface area contributed by atoms with Crippen molar-refractivity contribution in [3.05, 3.63) is 29.8 Å². The minimum atomic E-state index is -0.959. The van der Waals surface area contributed by atoms with Crippen molar-refractivity contribution in [2.45, 2.75) is 19.4 Å². The second-order valence-electron chi connectivity index (χ2n) is 4.19. The molecule has 0 fully saturated rings. The first-order valence-corrected chi connectivity index (χ1v) is 5.74. The Labute approximate surface area is 106 Å². The standard InChI is InChI=1S/C13H18N2O3/c1-15(2)11-6-4-3-5-10(11)9-14-12(16)7-8-13(17)18/h3-6H,7-9H2,1-2H3,(H,14,16)(H,17,18). The van der Waals surface area contributed by atoms with E-state index in [4.69, 9.17) is 5.11 Å². The fraction of sp³-hybridized carbons (Fsp3) is 0.385. The van der Waals surface area contributed by atoms with Crippen LogP contribution in [-0.4, -0.2) is 31.1 Å². The van der Waals surface area contributed by atoms with Crippen LogP contribution in [0.5, 0.6) is 0 Å². The highest BCUT2D eigenvalue weighted by molar-refractivity contribution is 5.80. The number of carboxylic acids is 1. The summed E-state index contributed by atoms with van der Waals surface area (Å²) in [4.78, 5) is 23.7. The van der Waals surface area contributed by atoms with Crippen LogP contribution < -0.4 is 10.2 Å². The zero-order valence-corrected chi connectivity index (χ0v) is 10.6. The number of carbonyl (C=O) groups is 2. The van der Waals surface area contributed by atoms with E-state index in [2.05, 4.69) is 5.32 Å². The SMILES string of the molecule is CN(C)c1ccccc1CNC(=O)CCC(=O)O. The van der Waals surface area contributed by atoms with Crippen molar-refractivity contribution in [1.82, 2.24) is 5.32 Å². The molecule has 2 N–H and O–H groups in total. The number of aliphatic carboxylic acids is 1. The fourth-order valence-electron chi connectivity index (χ4n) is 1.60. The highest BCUT2D eigenvalue weighted by atomic mass is 16.4. The number of amides is 1. The first-order valence-electron chi connectivity index (χ1n) is 5.74. The lowest BCUT2D eigenvalue weighted by Gasteiger charge is -2.17. The Morgan fingerprint density at radius 2 is 1.89 bits per heavy atom. The van der Waals surface area contributed by atoms with Gasteiger partial charge < -0.3 is 15.3 Å². The fourth-order valence-corrected chi connectivity index (χ4v) is 1.60. The van der Waals surface area contributed by atoms with Crippen LogP contribution in [0, 0.1) is 0 Å². The number of hydrogen-bond acceptors (Lipinski definition) is 3. The van der Waals surface area contributed by atoms with Gasteiger partial charge in [-0.15, -0.1) is 0 Å². The Bertz CT molecular complexity index is 430. The number of anilines is 1. The van der Waals surface area contributed by atoms with Crippen LogP contribution in [0.15, 0.2) is 24.3 Å². The molecule has 0 spiro atoms. The monoisotopic (exact) mass is 250 g/mol. The van der Waals surface area contributed by atoms with Crippen LogP contribution in [0.2, 0.25) is 0 Å². The van der Waals surface area contributed by atoms with Gasteiger partial charge in [0.05, 0.1) is 6.42 Å². The van der Waals surface area contributed by atoms with E-state index in [1.165, 1.54) is 0 Å². The summed E-state index contributed by atoms with van der Waals surface area (Å²) >= 11 is 0. The number of rotatable bonds is 6. The van der Waals surface area contributed by atoms with Gasteiger partial charge in [0.1, 0.15) is 0 Å². The smallest absolute Gasteiger partial charge is 0.303 e. The molecule has 1 aromatic rings. The lowest BCUT2D eigenvalue weighted by molar-refractivity contribution is -0.138. The Hall–Kier alpha value is -2.04. The molecule has 0 radical (unpaired) electrons. The highest BCUT2D eigenvalue weighted by Crippen LogP contribution is 2.17. The average molecular weight is 250 g/mol. The molecule has 98 valence electrons. The van der Waals surface area contributed by atoms with Crippen molar-refractivity contribution < 1.29 is 14.7 Å². The summed E-state index contributed by atoms with van der Waals surface area (Å²) in [6.07, 6.45) is -0.124. The van der Waals surface area contributed by atoms with Crippen LogP contribution in [0.1, 0.15) is 18.4 Å². The van der Waals surface area contributed by atoms with Crippen molar-refractivity contribution in [3.8, 4) is 0 Å². The van der Waals surface area contributed by atoms with Gasteiger partial charge in [-0.3, -0.25) is 9.59 Å². The van der Waals surface area contributed by atoms with E-state index in [0.29, 0.717) is 6.54 Å². The molecule has 0 aliphatic heterocycles. The number of carboxylic acid groups (broad SMARTS) is 1. The van der Waals surface area contributed by atoms with Crippen molar-refractivity contribution in [1.29, 1.82) is 0 Å². The van der Waals surface area contributed by atoms with Gasteiger partial charge in [-0.05, 0) is 11.6 Å². The van der Waals surface area contributed by atoms with Gasteiger partial charge in [-0.1, -0.05) is 18.2 Å². The first kappa shape index (κ1) is 14.0. The molecule has 5 heteroatoms. The average Bonchev–Trinajstić information content (AvgIpc) is 2.34. The molecule has 0 aliphatic rings. The van der Waals surface area contributed by atoms with E-state index in [1.54, 1.807) is 0 Å². The third-order valence-corrected chi connectivity index (χ3v) is 2.52. The molecule has 0 unspecified atom stereocenters. The van der Waals surface area contributed by atoms with E-state index in [-0.39, 0.29) is 18.7 Å². The molecule has 0 saturated carbocycles. The molecule has 0 aliphatic carbocycles. The first-order chi connectivity index (χ1) is 8.50. The van der Waals surface area contributed by atoms with Crippen molar-refractivity contribution >= 4 is 17.6 Å². The van der Waals surface area contributed by atoms with Gasteiger partial charge in [-0.25, -0.2) is 0 Å². The van der Waals surface area contributed by atoms with Gasteiger partial charge in [0.15, 0.2) is 0 Å². The largest absolute Gasteiger partial charge is 0.481 e. The highest BCUT2D eigenvalue weighted by Gasteiger charge is 2.07. The number of nitrogens with zero attached hydrogens (tertiary/aromatic N) is 1. The third kappa shape index (κ3) is 4.45. The van der Waals surface area contributed by atoms with E-state index in [1.807, 2.05) is 43.3 Å². The Morgan fingerprint density at radius 3 is 2.50 bits per heavy atom. The summed E-state index contributed by atoms with van der Waals surface area (Å²) in [5, 5.41) is 11.2. The van der Waals surface area contributed by atoms with Crippen LogP contribution >= 0.6 is 0 Å². The molecule has 1 rings (SSSR count). The topological polar surface area (TPSA) is 69.6 Å². The maximum atomic E-state index is 11.4. The van der Waals surface area contributed by atoms with E-state index in [9.17, 15) is 9.59 Å². The number of nitrogens with one attached hydrogen (secondary N) is 1. The molecule has 0 bridgehead atoms. The molecule has 0 atom stereocenters. The van der Waals surface area contributed by atoms with E-state index < -0.39 is 5.97 Å². The van der Waals surface area contributed by atoms with E-state index >= 15 is 0 Å². The molecule has 0 saturated heterocycles. The Kier molecular flexibility index (Phi) is 5.17. The molecule has 1 aromatic carbocycles. The minimum absolute atomic E-state index is 0.0134. The molecular formula is C13H18N2O3. The lowest BCUT2D eigenvalue weighted by atomic mass is 10.1. The Morgan fingerprint density at radius 1 is 1.22 bits per heavy atom. The summed E-state index contributed by atoms with van der Waals surface area (Å²) in [5.74, 6) is -1.20. The minimum Gasteiger partial charge on any atom is -0.481 e. The summed E-state index contributed by atoms with van der Waals surface area (Å²) in [6.45, 7) is 0.410. The Balaban J connectivity index is 2.53. The molecule has 18 heavy (non-hydrogen) atoms. The predicted molar refractivity (Wildman–Crippen MR) is 69.5 cm³/mol. The van der Waals surface area contributed by atoms with Crippen LogP contribution in [0.4, 0.5) is 5.69 Å². The molecule has 0 heterocycles. The summed E-state index contributed by atoms with van der Waals surface area (Å²) in [6, 6.07) is 7.75. The van der Waals surface area contributed by atoms with Crippen LogP contribution in [0.3, 0.4) is 0 Å². The van der Waals surface area contributed by atoms with Gasteiger partial charge in [0.25, 0.3) is 0 Å². The van der Waals surface area contributed by atoms with Crippen molar-refractivity contribution in [2.24, 2.45) is 0 Å². The zero-order chi connectivity index (χ0) is 13.5. The second kappa shape index (κ2) is 6.64. The maximum Gasteiger partial charge on any atom is 0.303 e. The lowest BCUT2D eigenvalue weighted by Crippen LogP contribution is -2.24. The van der Waals surface area contributed by atoms with Crippen molar-refractivity contribution in [2.75, 3.05) is 19.0 Å². The molecule has 5 nitrogen and oxygen atoms in total. The summed E-state index contributed by atoms with van der Waals surface area (Å²) in [5.41, 5.74) is 2.04. The predicted octanol–water partition coefficient (Wildman–Crippen LogP) is 1.23. The number of carbonyl (C=O) groups excluding carboxylic acids is 1. The number of hydrogen-bond donors (Lipinski definition) is 2. The molecule has 1 amide bonds. The quantitative estimate of drug-likeness (QED) is 0.796. The summed E-state index contributed by atoms with van der Waals surface area (Å²) < 4.78 is 0. The number of para-hydroxylation sites is 1. The summed E-state index contributed by atoms with van der Waals surface area (Å²) in [7, 11) is 3.87. The van der Waals surface area contributed by atoms with Crippen molar-refractivity contribution in [3.63, 3.8) is 0 Å². The van der Waals surface area contributed by atoms with Crippen LogP contribution in [-0.2, 0) is 16.1 Å². The normalized spacial score (nSPS) is 9.89. The molecule has 0 aromatic heterocycles. The zero-order valence-electron chi connectivity index (χ0n) is 10.6. The number of benzene rings is 1.